The Morgan fingerprint density at radius 1 is 1.13 bits per heavy atom. The van der Waals surface area contributed by atoms with Crippen molar-refractivity contribution in [3.05, 3.63) is 53.1 Å². The number of amides is 1. The summed E-state index contributed by atoms with van der Waals surface area (Å²) in [5.74, 6) is 3.15. The quantitative estimate of drug-likeness (QED) is 0.694. The average Bonchev–Trinajstić information content (AvgIpc) is 3.42. The zero-order valence-electron chi connectivity index (χ0n) is 17.9. The number of fused-ring (bicyclic) bond motifs is 2. The maximum absolute atomic E-state index is 13.1. The van der Waals surface area contributed by atoms with Crippen molar-refractivity contribution in [3.8, 4) is 23.0 Å². The van der Waals surface area contributed by atoms with Gasteiger partial charge in [0.05, 0.1) is 13.2 Å². The molecule has 2 atom stereocenters. The van der Waals surface area contributed by atoms with Crippen molar-refractivity contribution in [1.82, 2.24) is 4.90 Å². The van der Waals surface area contributed by atoms with Gasteiger partial charge in [-0.1, -0.05) is 6.07 Å². The van der Waals surface area contributed by atoms with Crippen LogP contribution in [0.5, 0.6) is 23.0 Å². The third-order valence-corrected chi connectivity index (χ3v) is 6.14. The highest BCUT2D eigenvalue weighted by Crippen LogP contribution is 2.39. The molecule has 31 heavy (non-hydrogen) atoms. The molecular weight excluding hydrogens is 394 g/mol. The van der Waals surface area contributed by atoms with Crippen LogP contribution in [0.2, 0.25) is 0 Å². The van der Waals surface area contributed by atoms with E-state index in [0.29, 0.717) is 13.2 Å². The summed E-state index contributed by atoms with van der Waals surface area (Å²) < 4.78 is 22.8. The number of carbonyl (C=O) groups is 1. The topological polar surface area (TPSA) is 57.2 Å². The van der Waals surface area contributed by atoms with Gasteiger partial charge < -0.3 is 23.8 Å². The van der Waals surface area contributed by atoms with Gasteiger partial charge in [0.15, 0.2) is 11.5 Å². The smallest absolute Gasteiger partial charge is 0.247 e. The second kappa shape index (κ2) is 8.17. The van der Waals surface area contributed by atoms with E-state index < -0.39 is 0 Å². The standard InChI is InChI=1S/C25H27NO5/c1-16-12-19-15-22(28-2)18(14-23(19)31-16)6-8-25(27)26-9-3-4-20(26)17-5-7-21-24(13-17)30-11-10-29-21/h5-8,13-16,20H,3-4,9-12H2,1-2H3/b8-6+. The minimum atomic E-state index is -0.00535. The Kier molecular flexibility index (Phi) is 5.22. The first-order valence-corrected chi connectivity index (χ1v) is 10.9. The van der Waals surface area contributed by atoms with Gasteiger partial charge in [0.25, 0.3) is 0 Å². The molecule has 0 spiro atoms. The van der Waals surface area contributed by atoms with Gasteiger partial charge in [-0.05, 0) is 55.7 Å². The molecule has 0 saturated carbocycles. The second-order valence-electron chi connectivity index (χ2n) is 8.26. The lowest BCUT2D eigenvalue weighted by Crippen LogP contribution is -2.29. The van der Waals surface area contributed by atoms with Crippen LogP contribution in [0.3, 0.4) is 0 Å². The minimum absolute atomic E-state index is 0.00535. The first kappa shape index (κ1) is 19.8. The molecule has 2 unspecified atom stereocenters. The number of likely N-dealkylation sites (tertiary alicyclic amines) is 1. The van der Waals surface area contributed by atoms with Crippen molar-refractivity contribution in [1.29, 1.82) is 0 Å². The molecule has 2 aromatic rings. The molecule has 0 aliphatic carbocycles. The second-order valence-corrected chi connectivity index (χ2v) is 8.26. The van der Waals surface area contributed by atoms with Crippen LogP contribution in [0.15, 0.2) is 36.4 Å². The molecular formula is C25H27NO5. The van der Waals surface area contributed by atoms with E-state index in [4.69, 9.17) is 18.9 Å². The molecule has 1 saturated heterocycles. The Hall–Kier alpha value is -3.15. The van der Waals surface area contributed by atoms with Gasteiger partial charge in [0.1, 0.15) is 30.8 Å². The predicted molar refractivity (Wildman–Crippen MR) is 117 cm³/mol. The number of carbonyl (C=O) groups excluding carboxylic acids is 1. The molecule has 1 amide bonds. The summed E-state index contributed by atoms with van der Waals surface area (Å²) in [4.78, 5) is 15.0. The van der Waals surface area contributed by atoms with Crippen LogP contribution in [0, 0.1) is 0 Å². The summed E-state index contributed by atoms with van der Waals surface area (Å²) in [6, 6.07) is 10.0. The van der Waals surface area contributed by atoms with Crippen molar-refractivity contribution in [2.24, 2.45) is 0 Å². The Morgan fingerprint density at radius 3 is 2.81 bits per heavy atom. The van der Waals surface area contributed by atoms with Gasteiger partial charge >= 0.3 is 0 Å². The fourth-order valence-corrected chi connectivity index (χ4v) is 4.66. The highest BCUT2D eigenvalue weighted by molar-refractivity contribution is 5.92. The Bertz CT molecular complexity index is 1030. The maximum Gasteiger partial charge on any atom is 0.247 e. The molecule has 6 nitrogen and oxygen atoms in total. The van der Waals surface area contributed by atoms with Crippen LogP contribution in [-0.4, -0.2) is 43.8 Å². The largest absolute Gasteiger partial charge is 0.496 e. The number of ether oxygens (including phenoxy) is 4. The molecule has 2 aromatic carbocycles. The monoisotopic (exact) mass is 421 g/mol. The van der Waals surface area contributed by atoms with Gasteiger partial charge in [-0.2, -0.15) is 0 Å². The van der Waals surface area contributed by atoms with Crippen LogP contribution in [-0.2, 0) is 11.2 Å². The number of hydrogen-bond donors (Lipinski definition) is 0. The van der Waals surface area contributed by atoms with E-state index >= 15 is 0 Å². The molecule has 5 rings (SSSR count). The van der Waals surface area contributed by atoms with Gasteiger partial charge in [-0.15, -0.1) is 0 Å². The van der Waals surface area contributed by atoms with Crippen molar-refractivity contribution in [2.45, 2.75) is 38.3 Å². The van der Waals surface area contributed by atoms with E-state index in [-0.39, 0.29) is 18.1 Å². The van der Waals surface area contributed by atoms with Gasteiger partial charge in [0, 0.05) is 30.2 Å². The fourth-order valence-electron chi connectivity index (χ4n) is 4.66. The molecule has 0 bridgehead atoms. The number of benzene rings is 2. The van der Waals surface area contributed by atoms with E-state index in [1.165, 1.54) is 0 Å². The van der Waals surface area contributed by atoms with Gasteiger partial charge in [-0.3, -0.25) is 4.79 Å². The number of rotatable bonds is 4. The summed E-state index contributed by atoms with van der Waals surface area (Å²) in [7, 11) is 1.65. The van der Waals surface area contributed by atoms with Crippen LogP contribution in [0.4, 0.5) is 0 Å². The van der Waals surface area contributed by atoms with Gasteiger partial charge in [-0.25, -0.2) is 0 Å². The molecule has 0 N–H and O–H groups in total. The first-order chi connectivity index (χ1) is 15.1. The Labute approximate surface area is 182 Å². The van der Waals surface area contributed by atoms with Crippen molar-refractivity contribution < 1.29 is 23.7 Å². The molecule has 3 aliphatic rings. The zero-order chi connectivity index (χ0) is 21.4. The van der Waals surface area contributed by atoms with Crippen LogP contribution < -0.4 is 18.9 Å². The maximum atomic E-state index is 13.1. The van der Waals surface area contributed by atoms with Crippen molar-refractivity contribution in [2.75, 3.05) is 26.9 Å². The lowest BCUT2D eigenvalue weighted by atomic mass is 10.0. The molecule has 3 heterocycles. The molecule has 0 aromatic heterocycles. The SMILES string of the molecule is COc1cc2c(cc1/C=C/C(=O)N1CCCC1c1ccc3c(c1)OCCO3)OC(C)C2. The summed E-state index contributed by atoms with van der Waals surface area (Å²) in [5.41, 5.74) is 3.07. The van der Waals surface area contributed by atoms with Gasteiger partial charge in [0.2, 0.25) is 5.91 Å². The molecule has 1 fully saturated rings. The fraction of sp³-hybridized carbons (Fsp3) is 0.400. The molecule has 0 radical (unpaired) electrons. The third-order valence-electron chi connectivity index (χ3n) is 6.14. The Morgan fingerprint density at radius 2 is 1.97 bits per heavy atom. The van der Waals surface area contributed by atoms with E-state index in [1.807, 2.05) is 41.3 Å². The highest BCUT2D eigenvalue weighted by atomic mass is 16.6. The molecule has 3 aliphatic heterocycles. The minimum Gasteiger partial charge on any atom is -0.496 e. The van der Waals surface area contributed by atoms with Crippen LogP contribution >= 0.6 is 0 Å². The highest BCUT2D eigenvalue weighted by Gasteiger charge is 2.30. The van der Waals surface area contributed by atoms with Crippen molar-refractivity contribution >= 4 is 12.0 Å². The Balaban J connectivity index is 1.35. The first-order valence-electron chi connectivity index (χ1n) is 10.9. The number of nitrogens with zero attached hydrogens (tertiary/aromatic N) is 1. The van der Waals surface area contributed by atoms with Crippen LogP contribution in [0.25, 0.3) is 6.08 Å². The third kappa shape index (κ3) is 3.82. The lowest BCUT2D eigenvalue weighted by Gasteiger charge is -2.26. The van der Waals surface area contributed by atoms with E-state index in [9.17, 15) is 4.79 Å². The van der Waals surface area contributed by atoms with E-state index in [1.54, 1.807) is 13.2 Å². The normalized spacial score (nSPS) is 21.8. The average molecular weight is 421 g/mol. The van der Waals surface area contributed by atoms with Crippen LogP contribution in [0.1, 0.15) is 42.5 Å². The predicted octanol–water partition coefficient (Wildman–Crippen LogP) is 4.17. The lowest BCUT2D eigenvalue weighted by molar-refractivity contribution is -0.126. The summed E-state index contributed by atoms with van der Waals surface area (Å²) in [6.45, 7) is 3.92. The number of methoxy groups -OCH3 is 1. The summed E-state index contributed by atoms with van der Waals surface area (Å²) in [6.07, 6.45) is 6.42. The summed E-state index contributed by atoms with van der Waals surface area (Å²) >= 11 is 0. The summed E-state index contributed by atoms with van der Waals surface area (Å²) in [5, 5.41) is 0. The van der Waals surface area contributed by atoms with Crippen molar-refractivity contribution in [3.63, 3.8) is 0 Å². The molecule has 162 valence electrons. The van der Waals surface area contributed by atoms with E-state index in [2.05, 4.69) is 6.92 Å². The number of hydrogen-bond acceptors (Lipinski definition) is 5. The molecule has 6 heteroatoms. The zero-order valence-corrected chi connectivity index (χ0v) is 17.9. The van der Waals surface area contributed by atoms with E-state index in [0.717, 1.165) is 65.5 Å².